The Morgan fingerprint density at radius 2 is 2.33 bits per heavy atom. The second kappa shape index (κ2) is 4.41. The number of aryl methyl sites for hydroxylation is 1. The van der Waals surface area contributed by atoms with Crippen LogP contribution >= 0.6 is 0 Å². The van der Waals surface area contributed by atoms with Gasteiger partial charge in [-0.2, -0.15) is 0 Å². The van der Waals surface area contributed by atoms with Gasteiger partial charge in [0.05, 0.1) is 12.2 Å². The first-order valence-electron chi connectivity index (χ1n) is 4.00. The Morgan fingerprint density at radius 1 is 1.67 bits per heavy atom. The van der Waals surface area contributed by atoms with Gasteiger partial charge in [-0.3, -0.25) is 4.79 Å². The topological polar surface area (TPSA) is 110 Å². The Morgan fingerprint density at radius 3 is 2.80 bits per heavy atom. The second-order valence-corrected chi connectivity index (χ2v) is 4.72. The SMILES string of the molecule is Cc1cc(CNS(=O)(=O)CC(=O)O)on1. The van der Waals surface area contributed by atoms with E-state index in [1.54, 1.807) is 13.0 Å². The highest BCUT2D eigenvalue weighted by Gasteiger charge is 2.15. The van der Waals surface area contributed by atoms with Crippen LogP contribution in [0.4, 0.5) is 0 Å². The molecule has 1 rings (SSSR count). The Balaban J connectivity index is 2.53. The first-order valence-corrected chi connectivity index (χ1v) is 5.65. The Labute approximate surface area is 86.1 Å². The maximum Gasteiger partial charge on any atom is 0.320 e. The van der Waals surface area contributed by atoms with Crippen molar-refractivity contribution in [1.82, 2.24) is 9.88 Å². The fourth-order valence-electron chi connectivity index (χ4n) is 0.894. The number of rotatable bonds is 5. The Bertz CT molecular complexity index is 450. The van der Waals surface area contributed by atoms with E-state index in [1.807, 2.05) is 0 Å². The number of aliphatic carboxylic acids is 1. The van der Waals surface area contributed by atoms with Crippen molar-refractivity contribution in [3.8, 4) is 0 Å². The molecule has 1 aromatic heterocycles. The lowest BCUT2D eigenvalue weighted by atomic mass is 10.4. The molecule has 0 spiro atoms. The third-order valence-electron chi connectivity index (χ3n) is 1.46. The van der Waals surface area contributed by atoms with Gasteiger partial charge in [0.1, 0.15) is 0 Å². The quantitative estimate of drug-likeness (QED) is 0.709. The van der Waals surface area contributed by atoms with E-state index < -0.39 is 21.7 Å². The van der Waals surface area contributed by atoms with Crippen molar-refractivity contribution in [2.24, 2.45) is 0 Å². The summed E-state index contributed by atoms with van der Waals surface area (Å²) >= 11 is 0. The molecular weight excluding hydrogens is 224 g/mol. The fraction of sp³-hybridized carbons (Fsp3) is 0.429. The number of hydrogen-bond acceptors (Lipinski definition) is 5. The summed E-state index contributed by atoms with van der Waals surface area (Å²) in [5, 5.41) is 11.8. The number of carboxylic acid groups (broad SMARTS) is 1. The van der Waals surface area contributed by atoms with Crippen molar-refractivity contribution in [3.63, 3.8) is 0 Å². The lowest BCUT2D eigenvalue weighted by Gasteiger charge is -2.00. The van der Waals surface area contributed by atoms with Crippen molar-refractivity contribution in [2.45, 2.75) is 13.5 Å². The molecule has 0 bridgehead atoms. The Hall–Kier alpha value is -1.41. The summed E-state index contributed by atoms with van der Waals surface area (Å²) in [6.45, 7) is 1.59. The van der Waals surface area contributed by atoms with Crippen LogP contribution in [0.25, 0.3) is 0 Å². The van der Waals surface area contributed by atoms with Gasteiger partial charge in [-0.15, -0.1) is 0 Å². The molecule has 1 heterocycles. The van der Waals surface area contributed by atoms with Crippen LogP contribution in [0.15, 0.2) is 10.6 Å². The molecule has 0 amide bonds. The van der Waals surface area contributed by atoms with Gasteiger partial charge in [-0.25, -0.2) is 13.1 Å². The zero-order chi connectivity index (χ0) is 11.5. The molecule has 0 aromatic carbocycles. The minimum Gasteiger partial charge on any atom is -0.480 e. The highest BCUT2D eigenvalue weighted by molar-refractivity contribution is 7.90. The van der Waals surface area contributed by atoms with Gasteiger partial charge in [0.2, 0.25) is 10.0 Å². The van der Waals surface area contributed by atoms with E-state index in [-0.39, 0.29) is 6.54 Å². The van der Waals surface area contributed by atoms with Crippen molar-refractivity contribution in [2.75, 3.05) is 5.75 Å². The van der Waals surface area contributed by atoms with E-state index in [0.29, 0.717) is 11.5 Å². The normalized spacial score (nSPS) is 11.5. The molecule has 84 valence electrons. The van der Waals surface area contributed by atoms with Crippen LogP contribution < -0.4 is 4.72 Å². The highest BCUT2D eigenvalue weighted by atomic mass is 32.2. The van der Waals surface area contributed by atoms with Gasteiger partial charge < -0.3 is 9.63 Å². The monoisotopic (exact) mass is 234 g/mol. The van der Waals surface area contributed by atoms with Gasteiger partial charge in [0, 0.05) is 6.07 Å². The molecule has 7 nitrogen and oxygen atoms in total. The van der Waals surface area contributed by atoms with Crippen LogP contribution in [0, 0.1) is 6.92 Å². The van der Waals surface area contributed by atoms with E-state index in [4.69, 9.17) is 9.63 Å². The summed E-state index contributed by atoms with van der Waals surface area (Å²) in [6.07, 6.45) is 0. The number of carbonyl (C=O) groups is 1. The summed E-state index contributed by atoms with van der Waals surface area (Å²) in [5.41, 5.74) is 0.627. The summed E-state index contributed by atoms with van der Waals surface area (Å²) in [5.74, 6) is -2.03. The number of nitrogens with one attached hydrogen (secondary N) is 1. The van der Waals surface area contributed by atoms with Crippen LogP contribution in [0.5, 0.6) is 0 Å². The van der Waals surface area contributed by atoms with Crippen LogP contribution in [0.1, 0.15) is 11.5 Å². The zero-order valence-electron chi connectivity index (χ0n) is 7.93. The average molecular weight is 234 g/mol. The van der Waals surface area contributed by atoms with Crippen LogP contribution in [0.2, 0.25) is 0 Å². The highest BCUT2D eigenvalue weighted by Crippen LogP contribution is 2.01. The lowest BCUT2D eigenvalue weighted by Crippen LogP contribution is -2.29. The van der Waals surface area contributed by atoms with Gasteiger partial charge in [0.25, 0.3) is 0 Å². The fourth-order valence-corrected chi connectivity index (χ4v) is 1.68. The summed E-state index contributed by atoms with van der Waals surface area (Å²) < 4.78 is 29.0. The van der Waals surface area contributed by atoms with Crippen molar-refractivity contribution < 1.29 is 22.8 Å². The third kappa shape index (κ3) is 4.09. The molecule has 0 aliphatic rings. The molecule has 2 N–H and O–H groups in total. The summed E-state index contributed by atoms with van der Waals surface area (Å²) in [6, 6.07) is 1.56. The molecule has 0 unspecified atom stereocenters. The molecule has 0 aliphatic carbocycles. The van der Waals surface area contributed by atoms with Gasteiger partial charge >= 0.3 is 5.97 Å². The lowest BCUT2D eigenvalue weighted by molar-refractivity contribution is -0.134. The first-order chi connectivity index (χ1) is 6.89. The van der Waals surface area contributed by atoms with Crippen molar-refractivity contribution in [1.29, 1.82) is 0 Å². The molecule has 0 aliphatic heterocycles. The predicted molar refractivity (Wildman–Crippen MR) is 49.5 cm³/mol. The van der Waals surface area contributed by atoms with E-state index in [1.165, 1.54) is 0 Å². The number of aromatic nitrogens is 1. The standard InChI is InChI=1S/C7H10N2O5S/c1-5-2-6(14-9-5)3-8-15(12,13)4-7(10)11/h2,8H,3-4H2,1H3,(H,10,11). The van der Waals surface area contributed by atoms with Crippen LogP contribution in [0.3, 0.4) is 0 Å². The zero-order valence-corrected chi connectivity index (χ0v) is 8.74. The number of nitrogens with zero attached hydrogens (tertiary/aromatic N) is 1. The molecule has 15 heavy (non-hydrogen) atoms. The van der Waals surface area contributed by atoms with E-state index in [2.05, 4.69) is 9.88 Å². The smallest absolute Gasteiger partial charge is 0.320 e. The third-order valence-corrected chi connectivity index (χ3v) is 2.67. The molecule has 0 atom stereocenters. The van der Waals surface area contributed by atoms with Gasteiger partial charge in [-0.1, -0.05) is 5.16 Å². The summed E-state index contributed by atoms with van der Waals surface area (Å²) in [4.78, 5) is 10.2. The number of hydrogen-bond donors (Lipinski definition) is 2. The molecule has 8 heteroatoms. The number of carboxylic acids is 1. The maximum atomic E-state index is 11.1. The first kappa shape index (κ1) is 11.7. The summed E-state index contributed by atoms with van der Waals surface area (Å²) in [7, 11) is -3.81. The molecule has 1 aromatic rings. The van der Waals surface area contributed by atoms with Gasteiger partial charge in [0.15, 0.2) is 11.5 Å². The molecular formula is C7H10N2O5S. The van der Waals surface area contributed by atoms with E-state index >= 15 is 0 Å². The van der Waals surface area contributed by atoms with Crippen molar-refractivity contribution >= 4 is 16.0 Å². The predicted octanol–water partition coefficient (Wildman–Crippen LogP) is -0.513. The largest absolute Gasteiger partial charge is 0.480 e. The maximum absolute atomic E-state index is 11.1. The van der Waals surface area contributed by atoms with E-state index in [0.717, 1.165) is 0 Å². The minimum atomic E-state index is -3.81. The van der Waals surface area contributed by atoms with Crippen LogP contribution in [-0.4, -0.2) is 30.4 Å². The minimum absolute atomic E-state index is 0.101. The molecule has 0 fully saturated rings. The van der Waals surface area contributed by atoms with Crippen molar-refractivity contribution in [3.05, 3.63) is 17.5 Å². The molecule has 0 saturated heterocycles. The van der Waals surface area contributed by atoms with E-state index in [9.17, 15) is 13.2 Å². The average Bonchev–Trinajstić information content (AvgIpc) is 2.46. The number of sulfonamides is 1. The molecule has 0 radical (unpaired) electrons. The van der Waals surface area contributed by atoms with Gasteiger partial charge in [-0.05, 0) is 6.92 Å². The molecule has 0 saturated carbocycles. The van der Waals surface area contributed by atoms with Crippen LogP contribution in [-0.2, 0) is 21.4 Å². The second-order valence-electron chi connectivity index (χ2n) is 2.91. The Kier molecular flexibility index (Phi) is 3.43.